The summed E-state index contributed by atoms with van der Waals surface area (Å²) >= 11 is 6.79. The minimum absolute atomic E-state index is 0.239. The Bertz CT molecular complexity index is 741. The maximum atomic E-state index is 5.59. The second kappa shape index (κ2) is 6.41. The fourth-order valence-electron chi connectivity index (χ4n) is 1.73. The second-order valence-electron chi connectivity index (χ2n) is 4.25. The number of benzene rings is 2. The quantitative estimate of drug-likeness (QED) is 0.618. The summed E-state index contributed by atoms with van der Waals surface area (Å²) in [6.45, 7) is 0.239. The van der Waals surface area contributed by atoms with Gasteiger partial charge in [-0.25, -0.2) is 0 Å². The summed E-state index contributed by atoms with van der Waals surface area (Å²) in [4.78, 5) is 0. The smallest absolute Gasteiger partial charge is 0.254 e. The molecule has 3 aromatic rings. The van der Waals surface area contributed by atoms with Crippen molar-refractivity contribution in [3.8, 4) is 17.2 Å². The first-order chi connectivity index (χ1) is 10.2. The van der Waals surface area contributed by atoms with Crippen molar-refractivity contribution in [3.63, 3.8) is 0 Å². The van der Waals surface area contributed by atoms with Crippen LogP contribution in [0.1, 0.15) is 5.89 Å². The molecule has 4 nitrogen and oxygen atoms in total. The first-order valence-electron chi connectivity index (χ1n) is 6.17. The van der Waals surface area contributed by atoms with Crippen LogP contribution >= 0.6 is 31.9 Å². The summed E-state index contributed by atoms with van der Waals surface area (Å²) in [5.74, 6) is 1.67. The minimum Gasteiger partial charge on any atom is -0.484 e. The molecular weight excluding hydrogens is 400 g/mol. The fourth-order valence-corrected chi connectivity index (χ4v) is 2.39. The van der Waals surface area contributed by atoms with E-state index in [9.17, 15) is 0 Å². The normalized spacial score (nSPS) is 10.6. The van der Waals surface area contributed by atoms with Gasteiger partial charge >= 0.3 is 0 Å². The van der Waals surface area contributed by atoms with E-state index in [0.717, 1.165) is 20.3 Å². The van der Waals surface area contributed by atoms with Gasteiger partial charge in [0.1, 0.15) is 5.75 Å². The third-order valence-electron chi connectivity index (χ3n) is 2.71. The maximum absolute atomic E-state index is 5.59. The third-order valence-corrected chi connectivity index (χ3v) is 3.74. The Balaban J connectivity index is 1.69. The Morgan fingerprint density at radius 2 is 1.76 bits per heavy atom. The molecular formula is C15H10Br2N2O2. The summed E-state index contributed by atoms with van der Waals surface area (Å²) in [5.41, 5.74) is 0.867. The molecule has 0 unspecified atom stereocenters. The molecule has 0 radical (unpaired) electrons. The van der Waals surface area contributed by atoms with Crippen molar-refractivity contribution >= 4 is 31.9 Å². The van der Waals surface area contributed by atoms with E-state index in [0.29, 0.717) is 11.8 Å². The van der Waals surface area contributed by atoms with E-state index in [2.05, 4.69) is 42.1 Å². The lowest BCUT2D eigenvalue weighted by molar-refractivity contribution is 0.264. The van der Waals surface area contributed by atoms with Gasteiger partial charge in [-0.2, -0.15) is 0 Å². The zero-order valence-corrected chi connectivity index (χ0v) is 14.0. The Morgan fingerprint density at radius 1 is 0.952 bits per heavy atom. The number of aromatic nitrogens is 2. The molecule has 0 saturated carbocycles. The highest BCUT2D eigenvalue weighted by atomic mass is 79.9. The van der Waals surface area contributed by atoms with Crippen molar-refractivity contribution in [2.45, 2.75) is 6.61 Å². The van der Waals surface area contributed by atoms with E-state index in [1.807, 2.05) is 48.5 Å². The van der Waals surface area contributed by atoms with Crippen LogP contribution in [0.2, 0.25) is 0 Å². The Hall–Kier alpha value is -1.66. The molecule has 0 atom stereocenters. The minimum atomic E-state index is 0.239. The number of halogens is 2. The molecule has 1 aromatic heterocycles. The van der Waals surface area contributed by atoms with E-state index in [1.165, 1.54) is 0 Å². The molecule has 3 rings (SSSR count). The molecule has 0 bridgehead atoms. The Kier molecular flexibility index (Phi) is 4.36. The first kappa shape index (κ1) is 14.3. The monoisotopic (exact) mass is 408 g/mol. The lowest BCUT2D eigenvalue weighted by atomic mass is 10.2. The van der Waals surface area contributed by atoms with Crippen LogP contribution in [0.15, 0.2) is 61.9 Å². The highest BCUT2D eigenvalue weighted by Gasteiger charge is 2.09. The molecule has 21 heavy (non-hydrogen) atoms. The second-order valence-corrected chi connectivity index (χ2v) is 6.09. The van der Waals surface area contributed by atoms with Crippen LogP contribution < -0.4 is 4.74 Å². The van der Waals surface area contributed by atoms with Gasteiger partial charge in [0.05, 0.1) is 0 Å². The largest absolute Gasteiger partial charge is 0.484 e. The number of nitrogens with zero attached hydrogens (tertiary/aromatic N) is 2. The van der Waals surface area contributed by atoms with Crippen LogP contribution in [0.3, 0.4) is 0 Å². The zero-order chi connectivity index (χ0) is 14.7. The number of rotatable bonds is 4. The highest BCUT2D eigenvalue weighted by Crippen LogP contribution is 2.22. The SMILES string of the molecule is Brc1ccc(OCc2nnc(-c3cccc(Br)c3)o2)cc1. The zero-order valence-electron chi connectivity index (χ0n) is 10.8. The first-order valence-corrected chi connectivity index (χ1v) is 7.76. The summed E-state index contributed by atoms with van der Waals surface area (Å²) in [6.07, 6.45) is 0. The average molecular weight is 410 g/mol. The van der Waals surface area contributed by atoms with Gasteiger partial charge in [0.2, 0.25) is 5.89 Å². The molecule has 0 fully saturated rings. The third kappa shape index (κ3) is 3.71. The Morgan fingerprint density at radius 3 is 2.52 bits per heavy atom. The molecule has 0 aliphatic heterocycles. The van der Waals surface area contributed by atoms with Crippen LogP contribution in [0.25, 0.3) is 11.5 Å². The van der Waals surface area contributed by atoms with Crippen molar-refractivity contribution < 1.29 is 9.15 Å². The summed E-state index contributed by atoms with van der Waals surface area (Å²) in [5, 5.41) is 8.02. The van der Waals surface area contributed by atoms with Crippen molar-refractivity contribution in [1.29, 1.82) is 0 Å². The standard InChI is InChI=1S/C15H10Br2N2O2/c16-11-4-6-13(7-5-11)20-9-14-18-19-15(21-14)10-2-1-3-12(17)8-10/h1-8H,9H2. The lowest BCUT2D eigenvalue weighted by Gasteiger charge is -2.02. The predicted molar refractivity (Wildman–Crippen MR) is 85.9 cm³/mol. The van der Waals surface area contributed by atoms with Crippen LogP contribution in [0.4, 0.5) is 0 Å². The van der Waals surface area contributed by atoms with E-state index < -0.39 is 0 Å². The number of ether oxygens (including phenoxy) is 1. The van der Waals surface area contributed by atoms with Gasteiger partial charge in [0.15, 0.2) is 6.61 Å². The van der Waals surface area contributed by atoms with Gasteiger partial charge in [-0.05, 0) is 42.5 Å². The van der Waals surface area contributed by atoms with Crippen molar-refractivity contribution in [2.75, 3.05) is 0 Å². The molecule has 6 heteroatoms. The maximum Gasteiger partial charge on any atom is 0.254 e. The van der Waals surface area contributed by atoms with Gasteiger partial charge in [-0.1, -0.05) is 37.9 Å². The van der Waals surface area contributed by atoms with Gasteiger partial charge in [0, 0.05) is 14.5 Å². The van der Waals surface area contributed by atoms with Crippen LogP contribution in [0.5, 0.6) is 5.75 Å². The van der Waals surface area contributed by atoms with Crippen LogP contribution in [-0.2, 0) is 6.61 Å². The molecule has 1 heterocycles. The number of hydrogen-bond donors (Lipinski definition) is 0. The molecule has 0 saturated heterocycles. The summed E-state index contributed by atoms with van der Waals surface area (Å²) in [6, 6.07) is 15.3. The van der Waals surface area contributed by atoms with E-state index in [-0.39, 0.29) is 6.61 Å². The average Bonchev–Trinajstić information content (AvgIpc) is 2.96. The molecule has 0 aliphatic rings. The topological polar surface area (TPSA) is 48.2 Å². The molecule has 106 valence electrons. The van der Waals surface area contributed by atoms with Gasteiger partial charge in [-0.3, -0.25) is 0 Å². The molecule has 0 spiro atoms. The van der Waals surface area contributed by atoms with Crippen LogP contribution in [0, 0.1) is 0 Å². The molecule has 0 N–H and O–H groups in total. The van der Waals surface area contributed by atoms with Gasteiger partial charge in [0.25, 0.3) is 5.89 Å². The fraction of sp³-hybridized carbons (Fsp3) is 0.0667. The van der Waals surface area contributed by atoms with Crippen molar-refractivity contribution in [2.24, 2.45) is 0 Å². The number of hydrogen-bond acceptors (Lipinski definition) is 4. The lowest BCUT2D eigenvalue weighted by Crippen LogP contribution is -1.95. The molecule has 0 aliphatic carbocycles. The predicted octanol–water partition coefficient (Wildman–Crippen LogP) is 4.84. The van der Waals surface area contributed by atoms with Gasteiger partial charge < -0.3 is 9.15 Å². The molecule has 0 amide bonds. The van der Waals surface area contributed by atoms with E-state index >= 15 is 0 Å². The van der Waals surface area contributed by atoms with Crippen molar-refractivity contribution in [1.82, 2.24) is 10.2 Å². The summed E-state index contributed by atoms with van der Waals surface area (Å²) in [7, 11) is 0. The Labute approximate surface area is 138 Å². The van der Waals surface area contributed by atoms with E-state index in [4.69, 9.17) is 9.15 Å². The molecule has 2 aromatic carbocycles. The van der Waals surface area contributed by atoms with Crippen LogP contribution in [-0.4, -0.2) is 10.2 Å². The summed E-state index contributed by atoms with van der Waals surface area (Å²) < 4.78 is 13.2. The van der Waals surface area contributed by atoms with E-state index in [1.54, 1.807) is 0 Å². The highest BCUT2D eigenvalue weighted by molar-refractivity contribution is 9.10. The van der Waals surface area contributed by atoms with Crippen molar-refractivity contribution in [3.05, 3.63) is 63.4 Å². The van der Waals surface area contributed by atoms with Gasteiger partial charge in [-0.15, -0.1) is 10.2 Å².